The lowest BCUT2D eigenvalue weighted by Gasteiger charge is -2.43. The summed E-state index contributed by atoms with van der Waals surface area (Å²) < 4.78 is 21.1. The van der Waals surface area contributed by atoms with Gasteiger partial charge < -0.3 is 49.6 Å². The first-order valence-electron chi connectivity index (χ1n) is 8.73. The smallest absolute Gasteiger partial charge is 0.337 e. The molecule has 0 saturated carbocycles. The van der Waals surface area contributed by atoms with Crippen LogP contribution >= 0.6 is 0 Å². The van der Waals surface area contributed by atoms with Crippen molar-refractivity contribution < 1.29 is 54.4 Å². The van der Waals surface area contributed by atoms with E-state index in [4.69, 9.17) is 18.9 Å². The van der Waals surface area contributed by atoms with Gasteiger partial charge in [0.25, 0.3) is 0 Å². The van der Waals surface area contributed by atoms with Crippen LogP contribution < -0.4 is 0 Å². The fraction of sp³-hybridized carbons (Fsp3) is 0.706. The molecule has 0 aromatic heterocycles. The van der Waals surface area contributed by atoms with Gasteiger partial charge in [-0.1, -0.05) is 6.08 Å². The highest BCUT2D eigenvalue weighted by molar-refractivity contribution is 5.89. The Hall–Kier alpha value is -1.57. The third kappa shape index (κ3) is 3.55. The molecule has 9 atom stereocenters. The van der Waals surface area contributed by atoms with Crippen molar-refractivity contribution in [3.05, 3.63) is 23.5 Å². The van der Waals surface area contributed by atoms with Gasteiger partial charge in [-0.15, -0.1) is 0 Å². The van der Waals surface area contributed by atoms with Crippen LogP contribution in [0.15, 0.2) is 23.5 Å². The Morgan fingerprint density at radius 3 is 2.39 bits per heavy atom. The third-order valence-electron chi connectivity index (χ3n) is 5.27. The molecule has 3 rings (SSSR count). The van der Waals surface area contributed by atoms with E-state index in [9.17, 15) is 35.4 Å². The largest absolute Gasteiger partial charge is 0.471 e. The standard InChI is InChI=1S/C17H24O11/c1-25-15(24)7-5-26-16(10-6(3-18)2-8(20)11(7)10)28-17-14(23)13(22)12(21)9(4-19)27-17/h2,5,8-14,16-23H,3-4H2,1H3/t8-,9+,10-,11+,12-,13-,14-,16+,17-/m1/s1. The van der Waals surface area contributed by atoms with E-state index in [1.54, 1.807) is 0 Å². The fourth-order valence-electron chi connectivity index (χ4n) is 3.79. The van der Waals surface area contributed by atoms with Crippen molar-refractivity contribution in [1.82, 2.24) is 0 Å². The molecule has 0 bridgehead atoms. The summed E-state index contributed by atoms with van der Waals surface area (Å²) >= 11 is 0. The van der Waals surface area contributed by atoms with Gasteiger partial charge in [0.2, 0.25) is 6.29 Å². The van der Waals surface area contributed by atoms with Crippen LogP contribution in [-0.2, 0) is 23.7 Å². The van der Waals surface area contributed by atoms with Crippen LogP contribution in [0.1, 0.15) is 0 Å². The first-order chi connectivity index (χ1) is 13.3. The van der Waals surface area contributed by atoms with E-state index in [0.717, 1.165) is 6.26 Å². The first kappa shape index (κ1) is 21.1. The summed E-state index contributed by atoms with van der Waals surface area (Å²) in [5, 5.41) is 59.1. The number of aliphatic hydroxyl groups is 6. The van der Waals surface area contributed by atoms with E-state index in [-0.39, 0.29) is 5.57 Å². The van der Waals surface area contributed by atoms with Crippen LogP contribution in [0.25, 0.3) is 0 Å². The molecule has 1 aliphatic carbocycles. The Labute approximate surface area is 160 Å². The number of hydrogen-bond acceptors (Lipinski definition) is 11. The Morgan fingerprint density at radius 1 is 1.07 bits per heavy atom. The Balaban J connectivity index is 1.84. The van der Waals surface area contributed by atoms with Crippen LogP contribution in [0.4, 0.5) is 0 Å². The van der Waals surface area contributed by atoms with Gasteiger partial charge in [-0.05, 0) is 5.57 Å². The van der Waals surface area contributed by atoms with E-state index in [2.05, 4.69) is 0 Å². The number of rotatable bonds is 5. The minimum absolute atomic E-state index is 0.0494. The Bertz CT molecular complexity index is 645. The number of esters is 1. The highest BCUT2D eigenvalue weighted by atomic mass is 16.8. The number of carbonyl (C=O) groups is 1. The Morgan fingerprint density at radius 2 is 1.79 bits per heavy atom. The summed E-state index contributed by atoms with van der Waals surface area (Å²) in [6, 6.07) is 0. The van der Waals surface area contributed by atoms with E-state index in [1.807, 2.05) is 0 Å². The molecule has 28 heavy (non-hydrogen) atoms. The molecule has 6 N–H and O–H groups in total. The van der Waals surface area contributed by atoms with Crippen LogP contribution in [0.5, 0.6) is 0 Å². The van der Waals surface area contributed by atoms with E-state index in [0.29, 0.717) is 5.57 Å². The molecule has 11 nitrogen and oxygen atoms in total. The van der Waals surface area contributed by atoms with Gasteiger partial charge in [-0.2, -0.15) is 0 Å². The molecule has 0 aromatic rings. The van der Waals surface area contributed by atoms with Gasteiger partial charge in [0.15, 0.2) is 6.29 Å². The fourth-order valence-corrected chi connectivity index (χ4v) is 3.79. The maximum absolute atomic E-state index is 12.0. The minimum Gasteiger partial charge on any atom is -0.471 e. The van der Waals surface area contributed by atoms with E-state index < -0.39 is 74.1 Å². The minimum atomic E-state index is -1.65. The average molecular weight is 404 g/mol. The van der Waals surface area contributed by atoms with Crippen molar-refractivity contribution in [2.24, 2.45) is 11.8 Å². The maximum Gasteiger partial charge on any atom is 0.337 e. The molecular formula is C17H24O11. The van der Waals surface area contributed by atoms with Crippen molar-refractivity contribution in [3.8, 4) is 0 Å². The second-order valence-electron chi connectivity index (χ2n) is 6.84. The van der Waals surface area contributed by atoms with Gasteiger partial charge >= 0.3 is 5.97 Å². The quantitative estimate of drug-likeness (QED) is 0.200. The lowest BCUT2D eigenvalue weighted by Crippen LogP contribution is -2.60. The van der Waals surface area contributed by atoms with Crippen LogP contribution in [0, 0.1) is 11.8 Å². The van der Waals surface area contributed by atoms with Gasteiger partial charge in [-0.3, -0.25) is 0 Å². The maximum atomic E-state index is 12.0. The predicted molar refractivity (Wildman–Crippen MR) is 88.0 cm³/mol. The second-order valence-corrected chi connectivity index (χ2v) is 6.84. The molecule has 2 aliphatic heterocycles. The van der Waals surface area contributed by atoms with Gasteiger partial charge in [0.1, 0.15) is 24.4 Å². The SMILES string of the molecule is COC(=O)C1=CO[C@@H](O[C@H]2O[C@@H](CO)[C@@H](O)[C@@H](O)[C@H]2O)[C@@H]2C(CO)=C[C@@H](O)[C@H]12. The molecule has 2 heterocycles. The zero-order valence-electron chi connectivity index (χ0n) is 15.0. The lowest BCUT2D eigenvalue weighted by atomic mass is 9.82. The topological polar surface area (TPSA) is 175 Å². The predicted octanol–water partition coefficient (Wildman–Crippen LogP) is -3.26. The monoisotopic (exact) mass is 404 g/mol. The summed E-state index contributed by atoms with van der Waals surface area (Å²) in [7, 11) is 1.18. The molecule has 1 fully saturated rings. The van der Waals surface area contributed by atoms with Crippen molar-refractivity contribution >= 4 is 5.97 Å². The van der Waals surface area contributed by atoms with Crippen LogP contribution in [0.3, 0.4) is 0 Å². The lowest BCUT2D eigenvalue weighted by molar-refractivity contribution is -0.340. The highest BCUT2D eigenvalue weighted by Crippen LogP contribution is 2.44. The summed E-state index contributed by atoms with van der Waals surface area (Å²) in [4.78, 5) is 12.0. The molecule has 0 amide bonds. The van der Waals surface area contributed by atoms with Crippen molar-refractivity contribution in [2.45, 2.75) is 43.1 Å². The van der Waals surface area contributed by atoms with Crippen molar-refractivity contribution in [1.29, 1.82) is 0 Å². The van der Waals surface area contributed by atoms with E-state index >= 15 is 0 Å². The molecule has 0 radical (unpaired) electrons. The second kappa shape index (κ2) is 8.43. The normalized spacial score (nSPS) is 42.9. The van der Waals surface area contributed by atoms with Crippen molar-refractivity contribution in [2.75, 3.05) is 20.3 Å². The molecule has 1 saturated heterocycles. The molecule has 0 spiro atoms. The Kier molecular flexibility index (Phi) is 6.37. The summed E-state index contributed by atoms with van der Waals surface area (Å²) in [5.41, 5.74) is 0.398. The molecule has 3 aliphatic rings. The number of methoxy groups -OCH3 is 1. The number of ether oxygens (including phenoxy) is 4. The molecule has 158 valence electrons. The van der Waals surface area contributed by atoms with Crippen LogP contribution in [0.2, 0.25) is 0 Å². The summed E-state index contributed by atoms with van der Waals surface area (Å²) in [6.45, 7) is -1.07. The van der Waals surface area contributed by atoms with Gasteiger partial charge in [0.05, 0.1) is 44.2 Å². The summed E-state index contributed by atoms with van der Waals surface area (Å²) in [6.07, 6.45) is -7.36. The number of hydrogen-bond donors (Lipinski definition) is 6. The number of carbonyl (C=O) groups excluding carboxylic acids is 1. The number of aliphatic hydroxyl groups excluding tert-OH is 6. The van der Waals surface area contributed by atoms with Gasteiger partial charge in [0, 0.05) is 5.92 Å². The number of fused-ring (bicyclic) bond motifs is 1. The van der Waals surface area contributed by atoms with E-state index in [1.165, 1.54) is 13.2 Å². The molecule has 0 unspecified atom stereocenters. The van der Waals surface area contributed by atoms with Gasteiger partial charge in [-0.25, -0.2) is 4.79 Å². The first-order valence-corrected chi connectivity index (χ1v) is 8.73. The molecular weight excluding hydrogens is 380 g/mol. The molecule has 0 aromatic carbocycles. The zero-order valence-corrected chi connectivity index (χ0v) is 15.0. The molecule has 11 heteroatoms. The highest BCUT2D eigenvalue weighted by Gasteiger charge is 2.52. The third-order valence-corrected chi connectivity index (χ3v) is 5.27. The zero-order chi connectivity index (χ0) is 20.6. The van der Waals surface area contributed by atoms with Crippen LogP contribution in [-0.4, -0.2) is 100 Å². The average Bonchev–Trinajstić information content (AvgIpc) is 3.05. The summed E-state index contributed by atoms with van der Waals surface area (Å²) in [5.74, 6) is -2.34. The van der Waals surface area contributed by atoms with Crippen molar-refractivity contribution in [3.63, 3.8) is 0 Å².